The van der Waals surface area contributed by atoms with Gasteiger partial charge in [0.05, 0.1) is 0 Å². The van der Waals surface area contributed by atoms with Crippen molar-refractivity contribution in [2.75, 3.05) is 6.54 Å². The second kappa shape index (κ2) is 1.75. The third kappa shape index (κ3) is 0.527. The predicted molar refractivity (Wildman–Crippen MR) is 49.6 cm³/mol. The minimum absolute atomic E-state index is 0.581. The van der Waals surface area contributed by atoms with Crippen LogP contribution in [0.2, 0.25) is 0 Å². The summed E-state index contributed by atoms with van der Waals surface area (Å²) in [7, 11) is 0. The van der Waals surface area contributed by atoms with Crippen molar-refractivity contribution in [3.63, 3.8) is 0 Å². The van der Waals surface area contributed by atoms with Gasteiger partial charge in [-0.3, -0.25) is 0 Å². The Kier molecular flexibility index (Phi) is 1.07. The van der Waals surface area contributed by atoms with E-state index in [0.29, 0.717) is 10.8 Å². The summed E-state index contributed by atoms with van der Waals surface area (Å²) in [6.07, 6.45) is 4.52. The Morgan fingerprint density at radius 1 is 1.42 bits per heavy atom. The van der Waals surface area contributed by atoms with Crippen molar-refractivity contribution in [1.29, 1.82) is 0 Å². The van der Waals surface area contributed by atoms with Crippen LogP contribution in [0.3, 0.4) is 0 Å². The lowest BCUT2D eigenvalue weighted by Crippen LogP contribution is -2.10. The van der Waals surface area contributed by atoms with Gasteiger partial charge in [-0.05, 0) is 54.4 Å². The Balaban J connectivity index is 1.93. The van der Waals surface area contributed by atoms with Crippen LogP contribution in [0.25, 0.3) is 0 Å². The van der Waals surface area contributed by atoms with E-state index in [1.54, 1.807) is 0 Å². The van der Waals surface area contributed by atoms with Crippen molar-refractivity contribution in [3.05, 3.63) is 0 Å². The van der Waals surface area contributed by atoms with Crippen molar-refractivity contribution < 1.29 is 0 Å². The first-order valence-electron chi connectivity index (χ1n) is 5.34. The molecule has 3 aliphatic carbocycles. The van der Waals surface area contributed by atoms with Gasteiger partial charge in [0.15, 0.2) is 0 Å². The van der Waals surface area contributed by atoms with Crippen molar-refractivity contribution in [1.82, 2.24) is 0 Å². The number of nitrogens with two attached hydrogens (primary N) is 1. The van der Waals surface area contributed by atoms with Gasteiger partial charge >= 0.3 is 0 Å². The Hall–Kier alpha value is -0.0400. The predicted octanol–water partition coefficient (Wildman–Crippen LogP) is 2.02. The average Bonchev–Trinajstić information content (AvgIpc) is 2.81. The molecule has 0 heterocycles. The van der Waals surface area contributed by atoms with Crippen LogP contribution >= 0.6 is 0 Å². The topological polar surface area (TPSA) is 26.0 Å². The molecule has 12 heavy (non-hydrogen) atoms. The molecule has 0 aromatic carbocycles. The van der Waals surface area contributed by atoms with Gasteiger partial charge in [0.1, 0.15) is 0 Å². The van der Waals surface area contributed by atoms with E-state index in [4.69, 9.17) is 5.73 Å². The van der Waals surface area contributed by atoms with Crippen LogP contribution in [0.15, 0.2) is 0 Å². The Morgan fingerprint density at radius 2 is 2.17 bits per heavy atom. The summed E-state index contributed by atoms with van der Waals surface area (Å²) in [6.45, 7) is 5.80. The fourth-order valence-corrected chi connectivity index (χ4v) is 4.55. The van der Waals surface area contributed by atoms with Crippen LogP contribution in [0, 0.1) is 28.6 Å². The van der Waals surface area contributed by atoms with Crippen LogP contribution in [0.1, 0.15) is 33.1 Å². The van der Waals surface area contributed by atoms with Crippen molar-refractivity contribution in [3.8, 4) is 0 Å². The first-order chi connectivity index (χ1) is 5.64. The molecule has 4 unspecified atom stereocenters. The first-order valence-corrected chi connectivity index (χ1v) is 5.34. The number of fused-ring (bicyclic) bond motifs is 2. The standard InChI is InChI=1S/C11H19N/c1-10(2)9(6-12)11(10)4-3-7-5-8(7)11/h7-9H,3-6,12H2,1-2H3. The molecule has 0 aliphatic heterocycles. The van der Waals surface area contributed by atoms with E-state index in [2.05, 4.69) is 13.8 Å². The molecular formula is C11H19N. The van der Waals surface area contributed by atoms with Crippen LogP contribution in [-0.2, 0) is 0 Å². The second-order valence-corrected chi connectivity index (χ2v) is 5.69. The molecule has 3 saturated carbocycles. The summed E-state index contributed by atoms with van der Waals surface area (Å²) in [6, 6.07) is 0. The third-order valence-electron chi connectivity index (χ3n) is 5.36. The van der Waals surface area contributed by atoms with Crippen LogP contribution in [-0.4, -0.2) is 6.54 Å². The maximum absolute atomic E-state index is 5.84. The summed E-state index contributed by atoms with van der Waals surface area (Å²) < 4.78 is 0. The zero-order chi connectivity index (χ0) is 8.56. The van der Waals surface area contributed by atoms with E-state index in [1.807, 2.05) is 0 Å². The summed E-state index contributed by atoms with van der Waals surface area (Å²) in [5, 5.41) is 0. The molecule has 0 aromatic rings. The van der Waals surface area contributed by atoms with Crippen molar-refractivity contribution in [2.24, 2.45) is 34.3 Å². The average molecular weight is 165 g/mol. The maximum atomic E-state index is 5.84. The van der Waals surface area contributed by atoms with E-state index in [9.17, 15) is 0 Å². The monoisotopic (exact) mass is 165 g/mol. The smallest absolute Gasteiger partial charge is 0.00379 e. The lowest BCUT2D eigenvalue weighted by molar-refractivity contribution is 0.342. The molecule has 0 aromatic heterocycles. The van der Waals surface area contributed by atoms with E-state index in [-0.39, 0.29) is 0 Å². The van der Waals surface area contributed by atoms with Crippen LogP contribution in [0.5, 0.6) is 0 Å². The molecule has 0 radical (unpaired) electrons. The van der Waals surface area contributed by atoms with Crippen LogP contribution in [0.4, 0.5) is 0 Å². The minimum Gasteiger partial charge on any atom is -0.330 e. The fraction of sp³-hybridized carbons (Fsp3) is 1.00. The number of hydrogen-bond acceptors (Lipinski definition) is 1. The van der Waals surface area contributed by atoms with Gasteiger partial charge < -0.3 is 5.73 Å². The lowest BCUT2D eigenvalue weighted by Gasteiger charge is -2.14. The zero-order valence-corrected chi connectivity index (χ0v) is 8.14. The minimum atomic E-state index is 0.581. The maximum Gasteiger partial charge on any atom is -0.00379 e. The summed E-state index contributed by atoms with van der Waals surface area (Å²) in [5.74, 6) is 3.05. The molecule has 0 amide bonds. The van der Waals surface area contributed by atoms with E-state index < -0.39 is 0 Å². The van der Waals surface area contributed by atoms with Crippen LogP contribution < -0.4 is 5.73 Å². The molecule has 0 bridgehead atoms. The number of hydrogen-bond donors (Lipinski definition) is 1. The second-order valence-electron chi connectivity index (χ2n) is 5.69. The Morgan fingerprint density at radius 3 is 2.50 bits per heavy atom. The fourth-order valence-electron chi connectivity index (χ4n) is 4.55. The van der Waals surface area contributed by atoms with Crippen molar-refractivity contribution >= 4 is 0 Å². The lowest BCUT2D eigenvalue weighted by atomic mass is 9.90. The molecule has 0 saturated heterocycles. The summed E-state index contributed by atoms with van der Waals surface area (Å²) in [5.41, 5.74) is 7.14. The van der Waals surface area contributed by atoms with Gasteiger partial charge in [-0.15, -0.1) is 0 Å². The summed E-state index contributed by atoms with van der Waals surface area (Å²) >= 11 is 0. The van der Waals surface area contributed by atoms with E-state index in [0.717, 1.165) is 24.3 Å². The normalized spacial score (nSPS) is 58.8. The van der Waals surface area contributed by atoms with Gasteiger partial charge in [-0.2, -0.15) is 0 Å². The largest absolute Gasteiger partial charge is 0.330 e. The number of rotatable bonds is 1. The van der Waals surface area contributed by atoms with Gasteiger partial charge in [0.25, 0.3) is 0 Å². The SMILES string of the molecule is CC1(C)C(CN)C12CCC1CC12. The van der Waals surface area contributed by atoms with E-state index >= 15 is 0 Å². The Labute approximate surface area is 74.7 Å². The zero-order valence-electron chi connectivity index (χ0n) is 8.14. The molecule has 1 spiro atoms. The van der Waals surface area contributed by atoms with Gasteiger partial charge in [-0.1, -0.05) is 13.8 Å². The molecule has 3 rings (SSSR count). The summed E-state index contributed by atoms with van der Waals surface area (Å²) in [4.78, 5) is 0. The molecule has 4 atom stereocenters. The molecule has 1 heteroatoms. The molecular weight excluding hydrogens is 146 g/mol. The molecule has 2 N–H and O–H groups in total. The Bertz CT molecular complexity index is 233. The van der Waals surface area contributed by atoms with Gasteiger partial charge in [-0.25, -0.2) is 0 Å². The van der Waals surface area contributed by atoms with Gasteiger partial charge in [0, 0.05) is 0 Å². The first kappa shape index (κ1) is 7.37. The van der Waals surface area contributed by atoms with E-state index in [1.165, 1.54) is 19.3 Å². The molecule has 68 valence electrons. The van der Waals surface area contributed by atoms with Gasteiger partial charge in [0.2, 0.25) is 0 Å². The van der Waals surface area contributed by atoms with Crippen molar-refractivity contribution in [2.45, 2.75) is 33.1 Å². The highest BCUT2D eigenvalue weighted by Crippen LogP contribution is 2.84. The highest BCUT2D eigenvalue weighted by molar-refractivity contribution is 5.27. The highest BCUT2D eigenvalue weighted by atomic mass is 14.9. The highest BCUT2D eigenvalue weighted by Gasteiger charge is 2.78. The third-order valence-corrected chi connectivity index (χ3v) is 5.36. The molecule has 3 aliphatic rings. The molecule has 1 nitrogen and oxygen atoms in total. The molecule has 3 fully saturated rings. The quantitative estimate of drug-likeness (QED) is 0.632.